The molecule has 37 heavy (non-hydrogen) atoms. The van der Waals surface area contributed by atoms with Gasteiger partial charge >= 0.3 is 6.01 Å². The van der Waals surface area contributed by atoms with Crippen LogP contribution in [0.15, 0.2) is 65.1 Å². The Bertz CT molecular complexity index is 1540. The number of nitrogens with zero attached hydrogens (tertiary/aromatic N) is 4. The summed E-state index contributed by atoms with van der Waals surface area (Å²) in [4.78, 5) is 17.9. The second-order valence-corrected chi connectivity index (χ2v) is 7.76. The summed E-state index contributed by atoms with van der Waals surface area (Å²) < 4.78 is 22.0. The minimum absolute atomic E-state index is 0.0427. The maximum absolute atomic E-state index is 10.4. The number of hydrogen-bond acceptors (Lipinski definition) is 10. The van der Waals surface area contributed by atoms with Crippen molar-refractivity contribution in [2.24, 2.45) is 0 Å². The Balaban J connectivity index is 1.55. The second kappa shape index (κ2) is 10.2. The Morgan fingerprint density at radius 1 is 0.811 bits per heavy atom. The molecule has 0 aliphatic heterocycles. The van der Waals surface area contributed by atoms with Crippen LogP contribution in [0.2, 0.25) is 0 Å². The lowest BCUT2D eigenvalue weighted by molar-refractivity contribution is 0.324. The van der Waals surface area contributed by atoms with Gasteiger partial charge in [-0.05, 0) is 48.0 Å². The van der Waals surface area contributed by atoms with Crippen LogP contribution in [0.4, 0.5) is 12.0 Å². The summed E-state index contributed by atoms with van der Waals surface area (Å²) in [7, 11) is 4.66. The molecule has 10 nitrogen and oxygen atoms in total. The van der Waals surface area contributed by atoms with Gasteiger partial charge in [0.05, 0.1) is 26.9 Å². The molecule has 0 saturated heterocycles. The highest BCUT2D eigenvalue weighted by Crippen LogP contribution is 2.38. The SMILES string of the molecule is COc1cc(/C=C/c2nc(Nc3nc4ccccc4o3)nc(-c3ccccc3O)n2)cc(OC)c1OC. The third kappa shape index (κ3) is 4.98. The largest absolute Gasteiger partial charge is 0.507 e. The van der Waals surface area contributed by atoms with Crippen LogP contribution in [-0.2, 0) is 0 Å². The number of oxazole rings is 1. The van der Waals surface area contributed by atoms with Crippen LogP contribution in [0.1, 0.15) is 11.4 Å². The summed E-state index contributed by atoms with van der Waals surface area (Å²) in [6.07, 6.45) is 3.51. The Labute approximate surface area is 212 Å². The first kappa shape index (κ1) is 23.6. The third-order valence-corrected chi connectivity index (χ3v) is 5.42. The molecule has 2 aromatic heterocycles. The predicted octanol–water partition coefficient (Wildman–Crippen LogP) is 5.33. The van der Waals surface area contributed by atoms with E-state index >= 15 is 0 Å². The molecule has 2 heterocycles. The molecular formula is C27H23N5O5. The standard InChI is InChI=1S/C27H23N5O5/c1-34-21-14-16(15-22(35-2)24(21)36-3)12-13-23-29-25(17-8-4-6-10-19(17)33)31-26(30-23)32-27-28-18-9-5-7-11-20(18)37-27/h4-15,33H,1-3H3,(H,28,29,30,31,32)/b13-12+. The minimum Gasteiger partial charge on any atom is -0.507 e. The number of phenolic OH excluding ortho intramolecular Hbond substituents is 1. The highest BCUT2D eigenvalue weighted by molar-refractivity contribution is 5.75. The number of nitrogens with one attached hydrogen (secondary N) is 1. The second-order valence-electron chi connectivity index (χ2n) is 7.76. The van der Waals surface area contributed by atoms with Crippen LogP contribution >= 0.6 is 0 Å². The smallest absolute Gasteiger partial charge is 0.302 e. The van der Waals surface area contributed by atoms with E-state index < -0.39 is 0 Å². The molecule has 0 unspecified atom stereocenters. The molecule has 186 valence electrons. The summed E-state index contributed by atoms with van der Waals surface area (Å²) in [5.74, 6) is 2.38. The molecule has 0 spiro atoms. The van der Waals surface area contributed by atoms with Gasteiger partial charge in [0.1, 0.15) is 11.3 Å². The molecule has 0 fully saturated rings. The van der Waals surface area contributed by atoms with Crippen LogP contribution in [0.3, 0.4) is 0 Å². The normalized spacial score (nSPS) is 11.1. The lowest BCUT2D eigenvalue weighted by atomic mass is 10.1. The average molecular weight is 498 g/mol. The van der Waals surface area contributed by atoms with E-state index in [1.807, 2.05) is 24.3 Å². The maximum Gasteiger partial charge on any atom is 0.302 e. The summed E-state index contributed by atoms with van der Waals surface area (Å²) >= 11 is 0. The van der Waals surface area contributed by atoms with E-state index in [9.17, 15) is 5.11 Å². The van der Waals surface area contributed by atoms with Crippen LogP contribution < -0.4 is 19.5 Å². The predicted molar refractivity (Wildman–Crippen MR) is 139 cm³/mol. The molecule has 3 aromatic carbocycles. The number of rotatable bonds is 8. The van der Waals surface area contributed by atoms with Crippen LogP contribution in [-0.4, -0.2) is 46.4 Å². The van der Waals surface area contributed by atoms with E-state index in [0.29, 0.717) is 39.7 Å². The molecule has 0 aliphatic carbocycles. The zero-order valence-corrected chi connectivity index (χ0v) is 20.3. The van der Waals surface area contributed by atoms with Crippen LogP contribution in [0, 0.1) is 0 Å². The minimum atomic E-state index is 0.0427. The number of phenols is 1. The maximum atomic E-state index is 10.4. The number of methoxy groups -OCH3 is 3. The summed E-state index contributed by atoms with van der Waals surface area (Å²) in [5, 5.41) is 13.4. The molecule has 5 aromatic rings. The van der Waals surface area contributed by atoms with Crippen molar-refractivity contribution in [2.45, 2.75) is 0 Å². The first-order valence-electron chi connectivity index (χ1n) is 11.2. The number of benzene rings is 3. The van der Waals surface area contributed by atoms with Gasteiger partial charge in [-0.25, -0.2) is 4.98 Å². The fraction of sp³-hybridized carbons (Fsp3) is 0.111. The fourth-order valence-electron chi connectivity index (χ4n) is 3.70. The third-order valence-electron chi connectivity index (χ3n) is 5.42. The molecule has 0 radical (unpaired) electrons. The molecule has 0 bridgehead atoms. The summed E-state index contributed by atoms with van der Waals surface area (Å²) in [5.41, 5.74) is 2.55. The van der Waals surface area contributed by atoms with Crippen molar-refractivity contribution < 1.29 is 23.7 Å². The summed E-state index contributed by atoms with van der Waals surface area (Å²) in [6.45, 7) is 0. The van der Waals surface area contributed by atoms with Crippen molar-refractivity contribution in [3.63, 3.8) is 0 Å². The highest BCUT2D eigenvalue weighted by atomic mass is 16.5. The fourth-order valence-corrected chi connectivity index (χ4v) is 3.70. The van der Waals surface area contributed by atoms with Crippen LogP contribution in [0.5, 0.6) is 23.0 Å². The Morgan fingerprint density at radius 2 is 1.54 bits per heavy atom. The van der Waals surface area contributed by atoms with Crippen molar-refractivity contribution >= 4 is 35.2 Å². The summed E-state index contributed by atoms with van der Waals surface area (Å²) in [6, 6.07) is 18.1. The van der Waals surface area contributed by atoms with Gasteiger partial charge in [-0.1, -0.05) is 30.3 Å². The van der Waals surface area contributed by atoms with E-state index in [2.05, 4.69) is 25.3 Å². The zero-order valence-electron chi connectivity index (χ0n) is 20.3. The topological polar surface area (TPSA) is 125 Å². The van der Waals surface area contributed by atoms with Gasteiger partial charge in [-0.2, -0.15) is 15.0 Å². The van der Waals surface area contributed by atoms with Crippen molar-refractivity contribution in [3.8, 4) is 34.4 Å². The highest BCUT2D eigenvalue weighted by Gasteiger charge is 2.15. The van der Waals surface area contributed by atoms with Crippen molar-refractivity contribution in [2.75, 3.05) is 26.6 Å². The van der Waals surface area contributed by atoms with E-state index in [-0.39, 0.29) is 23.5 Å². The Morgan fingerprint density at radius 3 is 2.24 bits per heavy atom. The molecule has 5 rings (SSSR count). The van der Waals surface area contributed by atoms with Crippen molar-refractivity contribution in [1.29, 1.82) is 0 Å². The van der Waals surface area contributed by atoms with Crippen molar-refractivity contribution in [1.82, 2.24) is 19.9 Å². The number of ether oxygens (including phenoxy) is 3. The Kier molecular flexibility index (Phi) is 6.54. The lowest BCUT2D eigenvalue weighted by Crippen LogP contribution is -2.03. The van der Waals surface area contributed by atoms with Gasteiger partial charge in [-0.3, -0.25) is 5.32 Å². The lowest BCUT2D eigenvalue weighted by Gasteiger charge is -2.12. The molecule has 0 atom stereocenters. The molecule has 0 saturated carbocycles. The first-order valence-corrected chi connectivity index (χ1v) is 11.2. The number of aromatic hydroxyl groups is 1. The van der Waals surface area contributed by atoms with Gasteiger partial charge in [0.15, 0.2) is 28.7 Å². The van der Waals surface area contributed by atoms with Crippen molar-refractivity contribution in [3.05, 3.63) is 72.1 Å². The quantitative estimate of drug-likeness (QED) is 0.291. The van der Waals surface area contributed by atoms with Crippen LogP contribution in [0.25, 0.3) is 34.6 Å². The van der Waals surface area contributed by atoms with E-state index in [1.165, 1.54) is 0 Å². The molecule has 2 N–H and O–H groups in total. The zero-order chi connectivity index (χ0) is 25.8. The van der Waals surface area contributed by atoms with E-state index in [1.54, 1.807) is 69.9 Å². The van der Waals surface area contributed by atoms with Gasteiger partial charge in [0.25, 0.3) is 0 Å². The number of para-hydroxylation sites is 3. The number of hydrogen-bond donors (Lipinski definition) is 2. The van der Waals surface area contributed by atoms with Gasteiger partial charge < -0.3 is 23.7 Å². The number of aromatic nitrogens is 4. The molecule has 0 amide bonds. The van der Waals surface area contributed by atoms with Gasteiger partial charge in [0.2, 0.25) is 11.7 Å². The number of anilines is 2. The molecular weight excluding hydrogens is 474 g/mol. The van der Waals surface area contributed by atoms with E-state index in [4.69, 9.17) is 18.6 Å². The molecule has 0 aliphatic rings. The Hall–Kier alpha value is -5.12. The molecule has 10 heteroatoms. The monoisotopic (exact) mass is 497 g/mol. The average Bonchev–Trinajstić information content (AvgIpc) is 3.33. The first-order chi connectivity index (χ1) is 18.1. The van der Waals surface area contributed by atoms with Gasteiger partial charge in [0, 0.05) is 0 Å². The van der Waals surface area contributed by atoms with Gasteiger partial charge in [-0.15, -0.1) is 0 Å². The van der Waals surface area contributed by atoms with E-state index in [0.717, 1.165) is 5.56 Å². The number of fused-ring (bicyclic) bond motifs is 1.